The molecule has 20 heavy (non-hydrogen) atoms. The van der Waals surface area contributed by atoms with E-state index >= 15 is 0 Å². The van der Waals surface area contributed by atoms with Crippen molar-refractivity contribution in [3.8, 4) is 0 Å². The topological polar surface area (TPSA) is 12.0 Å². The van der Waals surface area contributed by atoms with Gasteiger partial charge in [0, 0.05) is 6.54 Å². The molecule has 3 rings (SSSR count). The molecule has 0 spiro atoms. The minimum Gasteiger partial charge on any atom is -0.316 e. The summed E-state index contributed by atoms with van der Waals surface area (Å²) in [7, 11) is 0. The van der Waals surface area contributed by atoms with Crippen molar-refractivity contribution in [2.24, 2.45) is 17.3 Å². The van der Waals surface area contributed by atoms with E-state index in [0.29, 0.717) is 5.41 Å². The van der Waals surface area contributed by atoms with Crippen LogP contribution in [0.4, 0.5) is 4.39 Å². The number of fused-ring (bicyclic) bond motifs is 1. The van der Waals surface area contributed by atoms with Crippen molar-refractivity contribution >= 4 is 11.6 Å². The van der Waals surface area contributed by atoms with Crippen LogP contribution in [0.2, 0.25) is 5.02 Å². The summed E-state index contributed by atoms with van der Waals surface area (Å²) in [6.45, 7) is 4.34. The van der Waals surface area contributed by atoms with Gasteiger partial charge in [0.15, 0.2) is 0 Å². The van der Waals surface area contributed by atoms with Gasteiger partial charge in [0.25, 0.3) is 0 Å². The predicted octanol–water partition coefficient (Wildman–Crippen LogP) is 4.44. The number of halogens is 2. The second kappa shape index (κ2) is 5.65. The number of hydrogen-bond donors (Lipinski definition) is 1. The largest absolute Gasteiger partial charge is 0.316 e. The normalized spacial score (nSPS) is 31.4. The maximum Gasteiger partial charge on any atom is 0.142 e. The fourth-order valence-corrected chi connectivity index (χ4v) is 4.09. The van der Waals surface area contributed by atoms with Crippen molar-refractivity contribution < 1.29 is 4.39 Å². The highest BCUT2D eigenvalue weighted by atomic mass is 35.5. The Morgan fingerprint density at radius 1 is 1.35 bits per heavy atom. The molecule has 1 N–H and O–H groups in total. The zero-order valence-corrected chi connectivity index (χ0v) is 12.8. The molecule has 1 aromatic carbocycles. The van der Waals surface area contributed by atoms with Crippen LogP contribution in [-0.2, 0) is 6.42 Å². The maximum absolute atomic E-state index is 13.6. The van der Waals surface area contributed by atoms with Crippen LogP contribution in [0.3, 0.4) is 0 Å². The molecule has 0 aliphatic heterocycles. The van der Waals surface area contributed by atoms with Crippen molar-refractivity contribution in [1.82, 2.24) is 5.32 Å². The summed E-state index contributed by atoms with van der Waals surface area (Å²) in [5, 5.41) is 3.81. The lowest BCUT2D eigenvalue weighted by atomic mass is 9.77. The van der Waals surface area contributed by atoms with Gasteiger partial charge in [-0.15, -0.1) is 0 Å². The Balaban J connectivity index is 1.71. The third-order valence-corrected chi connectivity index (χ3v) is 5.26. The Morgan fingerprint density at radius 3 is 2.75 bits per heavy atom. The molecule has 1 aromatic rings. The van der Waals surface area contributed by atoms with Crippen molar-refractivity contribution in [1.29, 1.82) is 0 Å². The van der Waals surface area contributed by atoms with E-state index in [4.69, 9.17) is 11.6 Å². The van der Waals surface area contributed by atoms with E-state index in [0.717, 1.165) is 36.9 Å². The predicted molar refractivity (Wildman–Crippen MR) is 81.5 cm³/mol. The Morgan fingerprint density at radius 2 is 2.10 bits per heavy atom. The van der Waals surface area contributed by atoms with E-state index in [9.17, 15) is 4.39 Å². The van der Waals surface area contributed by atoms with Gasteiger partial charge in [0.1, 0.15) is 5.82 Å². The third-order valence-electron chi connectivity index (χ3n) is 4.95. The van der Waals surface area contributed by atoms with Gasteiger partial charge in [0.05, 0.1) is 5.02 Å². The maximum atomic E-state index is 13.6. The van der Waals surface area contributed by atoms with E-state index in [1.54, 1.807) is 12.1 Å². The summed E-state index contributed by atoms with van der Waals surface area (Å²) < 4.78 is 13.6. The lowest BCUT2D eigenvalue weighted by Crippen LogP contribution is -2.35. The van der Waals surface area contributed by atoms with Gasteiger partial charge in [-0.1, -0.05) is 24.6 Å². The van der Waals surface area contributed by atoms with Crippen LogP contribution >= 0.6 is 11.6 Å². The lowest BCUT2D eigenvalue weighted by molar-refractivity contribution is 0.248. The first-order valence-electron chi connectivity index (χ1n) is 7.76. The molecule has 0 saturated heterocycles. The SMILES string of the molecule is CCCNCC1(Cc2ccc(Cl)c(F)c2)CC2CC2C1. The Bertz CT molecular complexity index is 478. The summed E-state index contributed by atoms with van der Waals surface area (Å²) in [6.07, 6.45) is 6.17. The molecule has 0 aromatic heterocycles. The first kappa shape index (κ1) is 14.3. The van der Waals surface area contributed by atoms with E-state index in [-0.39, 0.29) is 10.8 Å². The molecule has 110 valence electrons. The van der Waals surface area contributed by atoms with Crippen LogP contribution in [0, 0.1) is 23.1 Å². The van der Waals surface area contributed by atoms with E-state index in [2.05, 4.69) is 12.2 Å². The van der Waals surface area contributed by atoms with Crippen LogP contribution in [0.1, 0.15) is 38.2 Å². The smallest absolute Gasteiger partial charge is 0.142 e. The summed E-state index contributed by atoms with van der Waals surface area (Å²) in [4.78, 5) is 0. The van der Waals surface area contributed by atoms with Gasteiger partial charge < -0.3 is 5.32 Å². The quantitative estimate of drug-likeness (QED) is 0.765. The zero-order chi connectivity index (χ0) is 14.2. The molecule has 1 nitrogen and oxygen atoms in total. The van der Waals surface area contributed by atoms with Crippen LogP contribution in [0.15, 0.2) is 18.2 Å². The average Bonchev–Trinajstić information content (AvgIpc) is 3.03. The highest BCUT2D eigenvalue weighted by Crippen LogP contribution is 2.60. The Labute approximate surface area is 125 Å². The molecule has 2 unspecified atom stereocenters. The van der Waals surface area contributed by atoms with Gasteiger partial charge >= 0.3 is 0 Å². The molecule has 2 aliphatic rings. The first-order chi connectivity index (χ1) is 9.62. The summed E-state index contributed by atoms with van der Waals surface area (Å²) >= 11 is 5.78. The van der Waals surface area contributed by atoms with Crippen molar-refractivity contribution in [2.45, 2.75) is 39.0 Å². The molecular weight excluding hydrogens is 273 g/mol. The van der Waals surface area contributed by atoms with E-state index in [1.165, 1.54) is 25.7 Å². The summed E-state index contributed by atoms with van der Waals surface area (Å²) in [5.41, 5.74) is 1.43. The molecule has 0 heterocycles. The second-order valence-electron chi connectivity index (χ2n) is 6.77. The molecule has 0 amide bonds. The number of nitrogens with one attached hydrogen (secondary N) is 1. The Hall–Kier alpha value is -0.600. The third kappa shape index (κ3) is 3.01. The zero-order valence-electron chi connectivity index (χ0n) is 12.1. The first-order valence-corrected chi connectivity index (χ1v) is 8.14. The highest BCUT2D eigenvalue weighted by Gasteiger charge is 2.53. The van der Waals surface area contributed by atoms with Crippen LogP contribution < -0.4 is 5.32 Å². The monoisotopic (exact) mass is 295 g/mol. The minimum atomic E-state index is -0.288. The summed E-state index contributed by atoms with van der Waals surface area (Å²) in [5.74, 6) is 1.59. The average molecular weight is 296 g/mol. The van der Waals surface area contributed by atoms with Crippen LogP contribution in [0.25, 0.3) is 0 Å². The molecule has 2 fully saturated rings. The van der Waals surface area contributed by atoms with Gasteiger partial charge in [-0.3, -0.25) is 0 Å². The Kier molecular flexibility index (Phi) is 4.05. The second-order valence-corrected chi connectivity index (χ2v) is 7.17. The van der Waals surface area contributed by atoms with Crippen molar-refractivity contribution in [3.05, 3.63) is 34.6 Å². The van der Waals surface area contributed by atoms with Gasteiger partial charge in [-0.25, -0.2) is 4.39 Å². The molecule has 2 atom stereocenters. The van der Waals surface area contributed by atoms with Crippen LogP contribution in [-0.4, -0.2) is 13.1 Å². The molecule has 0 bridgehead atoms. The molecule has 2 saturated carbocycles. The number of hydrogen-bond acceptors (Lipinski definition) is 1. The standard InChI is InChI=1S/C17H23ClFN/c1-2-5-20-11-17(9-13-7-14(13)10-17)8-12-3-4-15(18)16(19)6-12/h3-4,6,13-14,20H,2,5,7-11H2,1H3. The fourth-order valence-electron chi connectivity index (χ4n) is 3.97. The highest BCUT2D eigenvalue weighted by molar-refractivity contribution is 6.30. The van der Waals surface area contributed by atoms with Crippen molar-refractivity contribution in [2.75, 3.05) is 13.1 Å². The van der Waals surface area contributed by atoms with E-state index < -0.39 is 0 Å². The van der Waals surface area contributed by atoms with Gasteiger partial charge in [-0.05, 0) is 73.6 Å². The van der Waals surface area contributed by atoms with Crippen molar-refractivity contribution in [3.63, 3.8) is 0 Å². The molecule has 2 aliphatic carbocycles. The molecule has 0 radical (unpaired) electrons. The fraction of sp³-hybridized carbons (Fsp3) is 0.647. The summed E-state index contributed by atoms with van der Waals surface area (Å²) in [6, 6.07) is 5.29. The van der Waals surface area contributed by atoms with E-state index in [1.807, 2.05) is 6.07 Å². The molecular formula is C17H23ClFN. The number of rotatable bonds is 6. The van der Waals surface area contributed by atoms with Crippen LogP contribution in [0.5, 0.6) is 0 Å². The van der Waals surface area contributed by atoms with Gasteiger partial charge in [-0.2, -0.15) is 0 Å². The number of benzene rings is 1. The minimum absolute atomic E-state index is 0.223. The molecule has 3 heteroatoms. The lowest BCUT2D eigenvalue weighted by Gasteiger charge is -2.31. The van der Waals surface area contributed by atoms with Gasteiger partial charge in [0.2, 0.25) is 0 Å².